The van der Waals surface area contributed by atoms with E-state index >= 15 is 0 Å². The van der Waals surface area contributed by atoms with Gasteiger partial charge in [0, 0.05) is 12.3 Å². The summed E-state index contributed by atoms with van der Waals surface area (Å²) in [6.07, 6.45) is -6.59. The number of phenolic OH excluding ortho intramolecular Hbond substituents is 1. The van der Waals surface area contributed by atoms with Crippen molar-refractivity contribution < 1.29 is 63.9 Å². The smallest absolute Gasteiger partial charge is 0.338 e. The van der Waals surface area contributed by atoms with E-state index in [0.717, 1.165) is 0 Å². The Bertz CT molecular complexity index is 983. The van der Waals surface area contributed by atoms with Gasteiger partial charge in [0.15, 0.2) is 17.8 Å². The van der Waals surface area contributed by atoms with E-state index in [9.17, 15) is 35.4 Å². The molecule has 13 nitrogen and oxygen atoms in total. The zero-order valence-electron chi connectivity index (χ0n) is 20.5. The molecule has 2 heterocycles. The number of benzene rings is 1. The first-order chi connectivity index (χ1) is 17.5. The lowest BCUT2D eigenvalue weighted by atomic mass is 9.85. The summed E-state index contributed by atoms with van der Waals surface area (Å²) in [7, 11) is 2.65. The van der Waals surface area contributed by atoms with Crippen LogP contribution < -0.4 is 9.47 Å². The van der Waals surface area contributed by atoms with Gasteiger partial charge in [0.05, 0.1) is 44.2 Å². The van der Waals surface area contributed by atoms with Crippen molar-refractivity contribution in [3.8, 4) is 17.2 Å². The van der Waals surface area contributed by atoms with E-state index in [1.807, 2.05) is 0 Å². The Labute approximate surface area is 212 Å². The number of hydrogen-bond donors (Lipinski definition) is 6. The molecule has 2 fully saturated rings. The predicted octanol–water partition coefficient (Wildman–Crippen LogP) is -0.992. The molecular weight excluding hydrogens is 496 g/mol. The van der Waals surface area contributed by atoms with Gasteiger partial charge in [0.25, 0.3) is 0 Å². The van der Waals surface area contributed by atoms with E-state index in [1.54, 1.807) is 6.08 Å². The maximum atomic E-state index is 13.0. The van der Waals surface area contributed by atoms with E-state index in [0.29, 0.717) is 0 Å². The third-order valence-corrected chi connectivity index (χ3v) is 7.07. The summed E-state index contributed by atoms with van der Waals surface area (Å²) in [4.78, 5) is 13.0. The maximum absolute atomic E-state index is 13.0. The van der Waals surface area contributed by atoms with Crippen LogP contribution in [0, 0.1) is 11.8 Å². The molecule has 1 aromatic carbocycles. The lowest BCUT2D eigenvalue weighted by Crippen LogP contribution is -2.60. The molecule has 1 aliphatic carbocycles. The molecule has 0 aromatic heterocycles. The Morgan fingerprint density at radius 1 is 1.08 bits per heavy atom. The van der Waals surface area contributed by atoms with Crippen LogP contribution in [0.1, 0.15) is 23.7 Å². The minimum absolute atomic E-state index is 0.0153. The van der Waals surface area contributed by atoms with Crippen LogP contribution in [0.5, 0.6) is 17.2 Å². The van der Waals surface area contributed by atoms with E-state index in [2.05, 4.69) is 0 Å². The number of esters is 1. The van der Waals surface area contributed by atoms with Crippen molar-refractivity contribution in [1.29, 1.82) is 0 Å². The highest BCUT2D eigenvalue weighted by Crippen LogP contribution is 2.48. The van der Waals surface area contributed by atoms with Crippen molar-refractivity contribution in [2.24, 2.45) is 11.8 Å². The largest absolute Gasteiger partial charge is 0.502 e. The van der Waals surface area contributed by atoms with E-state index in [4.69, 9.17) is 28.4 Å². The minimum Gasteiger partial charge on any atom is -0.502 e. The summed E-state index contributed by atoms with van der Waals surface area (Å²) < 4.78 is 32.6. The van der Waals surface area contributed by atoms with Gasteiger partial charge >= 0.3 is 5.97 Å². The second-order valence-corrected chi connectivity index (χ2v) is 9.50. The normalized spacial score (nSPS) is 39.0. The molecule has 0 amide bonds. The standard InChI is InChI=1S/C24H32O13/c1-24(31)8-14(35-21(30)10-6-12(32-2)17(26)13(7-10)33-3)11-4-5-34-22(16(11)24)37-23-20(29)19(28)18(27)15(9-25)36-23/h4-7,11,14-16,18-20,22-23,25-29,31H,8-9H2,1-3H3/t11-,14-,15+,16+,18+,19-,20+,22-,23+,24-/m0/s1. The molecule has 10 atom stereocenters. The first-order valence-corrected chi connectivity index (χ1v) is 11.7. The third kappa shape index (κ3) is 5.08. The number of carbonyl (C=O) groups excluding carboxylic acids is 1. The second-order valence-electron chi connectivity index (χ2n) is 9.50. The average Bonchev–Trinajstić information content (AvgIpc) is 3.14. The van der Waals surface area contributed by atoms with Crippen molar-refractivity contribution in [3.05, 3.63) is 30.0 Å². The number of ether oxygens (including phenoxy) is 6. The minimum atomic E-state index is -1.66. The summed E-state index contributed by atoms with van der Waals surface area (Å²) in [5.41, 5.74) is -1.40. The van der Waals surface area contributed by atoms with Crippen molar-refractivity contribution in [3.63, 3.8) is 0 Å². The van der Waals surface area contributed by atoms with Crippen molar-refractivity contribution in [1.82, 2.24) is 0 Å². The first-order valence-electron chi connectivity index (χ1n) is 11.7. The van der Waals surface area contributed by atoms with Crippen LogP contribution in [0.15, 0.2) is 24.5 Å². The topological polar surface area (TPSA) is 194 Å². The van der Waals surface area contributed by atoms with Crippen molar-refractivity contribution in [2.75, 3.05) is 20.8 Å². The Morgan fingerprint density at radius 3 is 2.32 bits per heavy atom. The summed E-state index contributed by atoms with van der Waals surface area (Å²) in [6.45, 7) is 0.891. The Balaban J connectivity index is 1.52. The van der Waals surface area contributed by atoms with Crippen LogP contribution in [-0.4, -0.2) is 106 Å². The van der Waals surface area contributed by atoms with Crippen LogP contribution >= 0.6 is 0 Å². The van der Waals surface area contributed by atoms with Crippen LogP contribution in [0.4, 0.5) is 0 Å². The monoisotopic (exact) mass is 528 g/mol. The van der Waals surface area contributed by atoms with Gasteiger partial charge in [-0.05, 0) is 25.1 Å². The molecule has 4 rings (SSSR count). The van der Waals surface area contributed by atoms with Gasteiger partial charge in [-0.15, -0.1) is 0 Å². The molecule has 3 aliphatic rings. The summed E-state index contributed by atoms with van der Waals surface area (Å²) in [5, 5.41) is 61.1. The highest BCUT2D eigenvalue weighted by molar-refractivity contribution is 5.91. The molecule has 6 N–H and O–H groups in total. The highest BCUT2D eigenvalue weighted by atomic mass is 16.8. The fraction of sp³-hybridized carbons (Fsp3) is 0.625. The molecule has 37 heavy (non-hydrogen) atoms. The number of aliphatic hydroxyl groups is 5. The number of aromatic hydroxyl groups is 1. The van der Waals surface area contributed by atoms with Crippen LogP contribution in [-0.2, 0) is 18.9 Å². The zero-order chi connectivity index (χ0) is 27.1. The summed E-state index contributed by atoms with van der Waals surface area (Å²) in [6, 6.07) is 2.60. The van der Waals surface area contributed by atoms with E-state index < -0.39 is 73.1 Å². The number of rotatable bonds is 7. The number of methoxy groups -OCH3 is 2. The highest BCUT2D eigenvalue weighted by Gasteiger charge is 2.58. The maximum Gasteiger partial charge on any atom is 0.338 e. The molecule has 0 radical (unpaired) electrons. The average molecular weight is 529 g/mol. The predicted molar refractivity (Wildman–Crippen MR) is 122 cm³/mol. The first kappa shape index (κ1) is 27.4. The van der Waals surface area contributed by atoms with Gasteiger partial charge in [-0.25, -0.2) is 4.79 Å². The second kappa shape index (κ2) is 10.6. The zero-order valence-corrected chi connectivity index (χ0v) is 20.5. The number of hydrogen-bond acceptors (Lipinski definition) is 13. The van der Waals surface area contributed by atoms with Crippen LogP contribution in [0.2, 0.25) is 0 Å². The summed E-state index contributed by atoms with van der Waals surface area (Å²) in [5.74, 6) is -2.34. The lowest BCUT2D eigenvalue weighted by Gasteiger charge is -2.43. The van der Waals surface area contributed by atoms with Crippen molar-refractivity contribution >= 4 is 5.97 Å². The quantitative estimate of drug-likeness (QED) is 0.236. The number of aliphatic hydroxyl groups excluding tert-OH is 4. The van der Waals surface area contributed by atoms with Gasteiger partial charge in [-0.2, -0.15) is 0 Å². The molecule has 2 aliphatic heterocycles. The van der Waals surface area contributed by atoms with Crippen LogP contribution in [0.3, 0.4) is 0 Å². The molecule has 0 unspecified atom stereocenters. The van der Waals surface area contributed by atoms with E-state index in [-0.39, 0.29) is 29.2 Å². The van der Waals surface area contributed by atoms with Crippen molar-refractivity contribution in [2.45, 2.75) is 62.0 Å². The Hall–Kier alpha value is -2.65. The van der Waals surface area contributed by atoms with E-state index in [1.165, 1.54) is 39.5 Å². The molecule has 1 saturated heterocycles. The number of fused-ring (bicyclic) bond motifs is 1. The lowest BCUT2D eigenvalue weighted by molar-refractivity contribution is -0.346. The number of carbonyl (C=O) groups is 1. The van der Waals surface area contributed by atoms with Gasteiger partial charge in [-0.1, -0.05) is 0 Å². The molecular formula is C24H32O13. The van der Waals surface area contributed by atoms with Gasteiger partial charge in [0.2, 0.25) is 12.0 Å². The molecule has 1 saturated carbocycles. The SMILES string of the molecule is COc1cc(C(=O)O[C@H]2C[C@](C)(O)[C@H]3[C@H](O[C@H]4O[C@H](CO)[C@@H](O)[C@H](O)[C@H]4O)OC=C[C@H]32)cc(OC)c1O. The third-order valence-electron chi connectivity index (χ3n) is 7.07. The van der Waals surface area contributed by atoms with Crippen LogP contribution in [0.25, 0.3) is 0 Å². The molecule has 0 spiro atoms. The fourth-order valence-corrected chi connectivity index (χ4v) is 5.11. The summed E-state index contributed by atoms with van der Waals surface area (Å²) >= 11 is 0. The Morgan fingerprint density at radius 2 is 1.73 bits per heavy atom. The molecule has 206 valence electrons. The molecule has 13 heteroatoms. The Kier molecular flexibility index (Phi) is 7.85. The van der Waals surface area contributed by atoms with Gasteiger partial charge < -0.3 is 59.1 Å². The van der Waals surface area contributed by atoms with Gasteiger partial charge in [0.1, 0.15) is 30.5 Å². The van der Waals surface area contributed by atoms with Gasteiger partial charge in [-0.3, -0.25) is 0 Å². The number of phenols is 1. The fourth-order valence-electron chi connectivity index (χ4n) is 5.11. The molecule has 1 aromatic rings. The molecule has 0 bridgehead atoms.